The van der Waals surface area contributed by atoms with Crippen LogP contribution in [-0.4, -0.2) is 43.4 Å². The summed E-state index contributed by atoms with van der Waals surface area (Å²) in [5, 5.41) is 9.73. The van der Waals surface area contributed by atoms with Crippen molar-refractivity contribution >= 4 is 0 Å². The first-order chi connectivity index (χ1) is 8.40. The van der Waals surface area contributed by atoms with Gasteiger partial charge < -0.3 is 14.7 Å². The van der Waals surface area contributed by atoms with Gasteiger partial charge in [0.2, 0.25) is 0 Å². The van der Waals surface area contributed by atoms with Gasteiger partial charge in [-0.2, -0.15) is 0 Å². The molecule has 1 N–H and O–H groups in total. The molecule has 0 amide bonds. The number of likely N-dealkylation sites (N-methyl/N-ethyl adjacent to an activating group) is 1. The zero-order valence-electron chi connectivity index (χ0n) is 12.1. The van der Waals surface area contributed by atoms with Crippen molar-refractivity contribution in [2.24, 2.45) is 0 Å². The van der Waals surface area contributed by atoms with E-state index in [1.54, 1.807) is 0 Å². The Hall–Kier alpha value is -1.06. The monoisotopic (exact) mass is 251 g/mol. The van der Waals surface area contributed by atoms with E-state index < -0.39 is 6.10 Å². The van der Waals surface area contributed by atoms with Gasteiger partial charge in [0.05, 0.1) is 0 Å². The lowest BCUT2D eigenvalue weighted by Crippen LogP contribution is -2.30. The maximum absolute atomic E-state index is 9.73. The molecular formula is C15H25NO2. The van der Waals surface area contributed by atoms with E-state index in [1.807, 2.05) is 31.1 Å². The number of rotatable bonds is 6. The van der Waals surface area contributed by atoms with Crippen LogP contribution in [0.25, 0.3) is 0 Å². The summed E-state index contributed by atoms with van der Waals surface area (Å²) in [7, 11) is 3.87. The van der Waals surface area contributed by atoms with Crippen LogP contribution < -0.4 is 4.74 Å². The van der Waals surface area contributed by atoms with E-state index in [2.05, 4.69) is 26.8 Å². The van der Waals surface area contributed by atoms with E-state index in [0.717, 1.165) is 5.75 Å². The minimum Gasteiger partial charge on any atom is -0.491 e. The molecule has 0 bridgehead atoms. The molecule has 18 heavy (non-hydrogen) atoms. The van der Waals surface area contributed by atoms with Crippen LogP contribution in [0.5, 0.6) is 5.75 Å². The molecule has 3 nitrogen and oxygen atoms in total. The molecule has 0 saturated carbocycles. The summed E-state index contributed by atoms with van der Waals surface area (Å²) in [4.78, 5) is 1.95. The highest BCUT2D eigenvalue weighted by Crippen LogP contribution is 2.23. The zero-order valence-corrected chi connectivity index (χ0v) is 12.1. The summed E-state index contributed by atoms with van der Waals surface area (Å²) in [6, 6.07) is 6.12. The number of aliphatic hydroxyl groups is 1. The third-order valence-electron chi connectivity index (χ3n) is 2.88. The minimum atomic E-state index is -0.454. The molecular weight excluding hydrogens is 226 g/mol. The van der Waals surface area contributed by atoms with Crippen molar-refractivity contribution in [1.29, 1.82) is 0 Å². The smallest absolute Gasteiger partial charge is 0.119 e. The third kappa shape index (κ3) is 4.67. The van der Waals surface area contributed by atoms with Crippen LogP contribution >= 0.6 is 0 Å². The fourth-order valence-electron chi connectivity index (χ4n) is 2.05. The van der Waals surface area contributed by atoms with Gasteiger partial charge in [-0.05, 0) is 50.2 Å². The lowest BCUT2D eigenvalue weighted by molar-refractivity contribution is 0.0831. The van der Waals surface area contributed by atoms with Gasteiger partial charge in [-0.3, -0.25) is 0 Å². The second-order valence-corrected chi connectivity index (χ2v) is 5.40. The second-order valence-electron chi connectivity index (χ2n) is 5.40. The summed E-state index contributed by atoms with van der Waals surface area (Å²) in [6.07, 6.45) is -0.454. The number of hydrogen-bond acceptors (Lipinski definition) is 3. The van der Waals surface area contributed by atoms with Crippen LogP contribution in [0, 0.1) is 6.92 Å². The first-order valence-electron chi connectivity index (χ1n) is 6.46. The van der Waals surface area contributed by atoms with Crippen molar-refractivity contribution in [1.82, 2.24) is 4.90 Å². The Morgan fingerprint density at radius 2 is 1.94 bits per heavy atom. The highest BCUT2D eigenvalue weighted by atomic mass is 16.5. The summed E-state index contributed by atoms with van der Waals surface area (Å²) in [5.74, 6) is 1.35. The molecule has 1 rings (SSSR count). The number of benzene rings is 1. The van der Waals surface area contributed by atoms with Gasteiger partial charge in [0, 0.05) is 6.54 Å². The predicted molar refractivity (Wildman–Crippen MR) is 75.3 cm³/mol. The third-order valence-corrected chi connectivity index (χ3v) is 2.88. The maximum atomic E-state index is 9.73. The summed E-state index contributed by atoms with van der Waals surface area (Å²) in [5.41, 5.74) is 2.58. The Bertz CT molecular complexity index is 375. The van der Waals surface area contributed by atoms with Gasteiger partial charge in [0.1, 0.15) is 18.5 Å². The van der Waals surface area contributed by atoms with Gasteiger partial charge in [-0.15, -0.1) is 0 Å². The largest absolute Gasteiger partial charge is 0.491 e. The normalized spacial score (nSPS) is 13.1. The van der Waals surface area contributed by atoms with Crippen LogP contribution in [0.1, 0.15) is 30.9 Å². The van der Waals surface area contributed by atoms with Crippen molar-refractivity contribution in [3.8, 4) is 5.75 Å². The summed E-state index contributed by atoms with van der Waals surface area (Å²) >= 11 is 0. The molecule has 0 radical (unpaired) electrons. The fraction of sp³-hybridized carbons (Fsp3) is 0.600. The molecule has 0 aromatic heterocycles. The topological polar surface area (TPSA) is 32.7 Å². The second kappa shape index (κ2) is 6.76. The molecule has 1 aromatic carbocycles. The highest BCUT2D eigenvalue weighted by Gasteiger charge is 2.08. The standard InChI is InChI=1S/C15H25NO2/c1-11(2)15-7-6-14(8-12(15)3)18-10-13(17)9-16(4)5/h6-8,11,13,17H,9-10H2,1-5H3/t13-/m0/s1. The molecule has 0 saturated heterocycles. The average molecular weight is 251 g/mol. The molecule has 102 valence electrons. The molecule has 0 spiro atoms. The summed E-state index contributed by atoms with van der Waals surface area (Å²) < 4.78 is 5.61. The number of hydrogen-bond donors (Lipinski definition) is 1. The zero-order chi connectivity index (χ0) is 13.7. The molecule has 0 fully saturated rings. The van der Waals surface area contributed by atoms with Crippen molar-refractivity contribution in [3.63, 3.8) is 0 Å². The Kier molecular flexibility index (Phi) is 5.63. The molecule has 1 atom stereocenters. The van der Waals surface area contributed by atoms with E-state index >= 15 is 0 Å². The Labute approximate surface area is 110 Å². The first kappa shape index (κ1) is 15.0. The van der Waals surface area contributed by atoms with Crippen LogP contribution in [0.3, 0.4) is 0 Å². The minimum absolute atomic E-state index is 0.332. The lowest BCUT2D eigenvalue weighted by atomic mass is 9.98. The van der Waals surface area contributed by atoms with Crippen molar-refractivity contribution in [2.75, 3.05) is 27.2 Å². The quantitative estimate of drug-likeness (QED) is 0.843. The molecule has 0 aliphatic heterocycles. The van der Waals surface area contributed by atoms with Crippen LogP contribution in [0.2, 0.25) is 0 Å². The molecule has 0 heterocycles. The van der Waals surface area contributed by atoms with E-state index in [-0.39, 0.29) is 0 Å². The van der Waals surface area contributed by atoms with Crippen LogP contribution in [0.4, 0.5) is 0 Å². The lowest BCUT2D eigenvalue weighted by Gasteiger charge is -2.17. The van der Waals surface area contributed by atoms with E-state index in [4.69, 9.17) is 4.74 Å². The number of nitrogens with zero attached hydrogens (tertiary/aromatic N) is 1. The van der Waals surface area contributed by atoms with Gasteiger partial charge in [0.15, 0.2) is 0 Å². The maximum Gasteiger partial charge on any atom is 0.119 e. The van der Waals surface area contributed by atoms with Gasteiger partial charge in [-0.25, -0.2) is 0 Å². The van der Waals surface area contributed by atoms with E-state index in [0.29, 0.717) is 19.1 Å². The van der Waals surface area contributed by atoms with E-state index in [1.165, 1.54) is 11.1 Å². The fourth-order valence-corrected chi connectivity index (χ4v) is 2.05. The van der Waals surface area contributed by atoms with E-state index in [9.17, 15) is 5.11 Å². The molecule has 3 heteroatoms. The average Bonchev–Trinajstić information content (AvgIpc) is 2.25. The number of ether oxygens (including phenoxy) is 1. The van der Waals surface area contributed by atoms with Gasteiger partial charge in [0.25, 0.3) is 0 Å². The predicted octanol–water partition coefficient (Wildman–Crippen LogP) is 2.42. The van der Waals surface area contributed by atoms with Crippen molar-refractivity contribution < 1.29 is 9.84 Å². The molecule has 0 unspecified atom stereocenters. The van der Waals surface area contributed by atoms with Gasteiger partial charge >= 0.3 is 0 Å². The Balaban J connectivity index is 2.56. The Morgan fingerprint density at radius 3 is 2.44 bits per heavy atom. The number of aryl methyl sites for hydroxylation is 1. The first-order valence-corrected chi connectivity index (χ1v) is 6.46. The van der Waals surface area contributed by atoms with Crippen LogP contribution in [-0.2, 0) is 0 Å². The van der Waals surface area contributed by atoms with Crippen molar-refractivity contribution in [3.05, 3.63) is 29.3 Å². The molecule has 1 aromatic rings. The summed E-state index contributed by atoms with van der Waals surface area (Å²) in [6.45, 7) is 7.41. The molecule has 0 aliphatic rings. The van der Waals surface area contributed by atoms with Crippen LogP contribution in [0.15, 0.2) is 18.2 Å². The molecule has 0 aliphatic carbocycles. The van der Waals surface area contributed by atoms with Crippen molar-refractivity contribution in [2.45, 2.75) is 32.8 Å². The van der Waals surface area contributed by atoms with Gasteiger partial charge in [-0.1, -0.05) is 19.9 Å². The SMILES string of the molecule is Cc1cc(OC[C@@H](O)CN(C)C)ccc1C(C)C. The highest BCUT2D eigenvalue weighted by molar-refractivity contribution is 5.36. The Morgan fingerprint density at radius 1 is 1.28 bits per heavy atom. The number of aliphatic hydroxyl groups excluding tert-OH is 1.